The van der Waals surface area contributed by atoms with Crippen molar-refractivity contribution in [1.82, 2.24) is 5.43 Å². The van der Waals surface area contributed by atoms with Crippen molar-refractivity contribution in [2.24, 2.45) is 5.10 Å². The van der Waals surface area contributed by atoms with E-state index in [-0.39, 0.29) is 6.61 Å². The molecule has 1 N–H and O–H groups in total. The summed E-state index contributed by atoms with van der Waals surface area (Å²) in [5.41, 5.74) is 3.15. The van der Waals surface area contributed by atoms with Crippen LogP contribution in [-0.2, 0) is 4.79 Å². The summed E-state index contributed by atoms with van der Waals surface area (Å²) in [7, 11) is 0. The number of para-hydroxylation sites is 1. The van der Waals surface area contributed by atoms with E-state index in [4.69, 9.17) is 32.7 Å². The van der Waals surface area contributed by atoms with Gasteiger partial charge in [0.15, 0.2) is 6.61 Å². The molecule has 2 aromatic carbocycles. The third-order valence-corrected chi connectivity index (χ3v) is 3.39. The number of benzene rings is 2. The van der Waals surface area contributed by atoms with E-state index in [0.717, 1.165) is 5.56 Å². The maximum absolute atomic E-state index is 11.7. The number of ether oxygens (including phenoxy) is 2. The Labute approximate surface area is 150 Å². The van der Waals surface area contributed by atoms with Crippen LogP contribution in [0.15, 0.2) is 47.6 Å². The number of hydrogen-bond donors (Lipinski definition) is 1. The summed E-state index contributed by atoms with van der Waals surface area (Å²) in [5.74, 6) is 0.662. The van der Waals surface area contributed by atoms with Gasteiger partial charge in [-0.3, -0.25) is 4.79 Å². The molecule has 0 heterocycles. The number of halogens is 2. The summed E-state index contributed by atoms with van der Waals surface area (Å²) in [6.07, 6.45) is 1.51. The average molecular weight is 367 g/mol. The van der Waals surface area contributed by atoms with Gasteiger partial charge in [-0.05, 0) is 37.3 Å². The minimum absolute atomic E-state index is 0.216. The molecule has 1 amide bonds. The van der Waals surface area contributed by atoms with Crippen molar-refractivity contribution in [3.05, 3.63) is 58.1 Å². The third-order valence-electron chi connectivity index (χ3n) is 2.86. The Hall–Kier alpha value is -2.24. The second kappa shape index (κ2) is 9.15. The summed E-state index contributed by atoms with van der Waals surface area (Å²) >= 11 is 11.8. The SMILES string of the molecule is CCOc1ccccc1/C=N/NC(=O)COc1ccc(Cl)cc1Cl. The lowest BCUT2D eigenvalue weighted by Gasteiger charge is -2.07. The molecule has 24 heavy (non-hydrogen) atoms. The number of hydrazone groups is 1. The summed E-state index contributed by atoms with van der Waals surface area (Å²) in [5, 5.41) is 4.73. The topological polar surface area (TPSA) is 59.9 Å². The Morgan fingerprint density at radius 2 is 1.96 bits per heavy atom. The number of hydrogen-bond acceptors (Lipinski definition) is 4. The monoisotopic (exact) mass is 366 g/mol. The zero-order valence-electron chi connectivity index (χ0n) is 13.0. The highest BCUT2D eigenvalue weighted by Crippen LogP contribution is 2.27. The standard InChI is InChI=1S/C17H16Cl2N2O3/c1-2-23-15-6-4-3-5-12(15)10-20-21-17(22)11-24-16-8-7-13(18)9-14(16)19/h3-10H,2,11H2,1H3,(H,21,22)/b20-10+. The van der Waals surface area contributed by atoms with Gasteiger partial charge in [-0.15, -0.1) is 0 Å². The number of carbonyl (C=O) groups is 1. The first-order valence-electron chi connectivity index (χ1n) is 7.21. The molecule has 0 saturated heterocycles. The maximum Gasteiger partial charge on any atom is 0.277 e. The van der Waals surface area contributed by atoms with Gasteiger partial charge in [0, 0.05) is 10.6 Å². The molecule has 0 aromatic heterocycles. The zero-order chi connectivity index (χ0) is 17.4. The molecule has 0 aliphatic carbocycles. The Kier molecular flexibility index (Phi) is 6.90. The van der Waals surface area contributed by atoms with E-state index in [2.05, 4.69) is 10.5 Å². The van der Waals surface area contributed by atoms with Crippen LogP contribution in [0.25, 0.3) is 0 Å². The predicted molar refractivity (Wildman–Crippen MR) is 95.3 cm³/mol. The summed E-state index contributed by atoms with van der Waals surface area (Å²) in [6, 6.07) is 12.2. The fourth-order valence-electron chi connectivity index (χ4n) is 1.82. The van der Waals surface area contributed by atoms with E-state index < -0.39 is 5.91 Å². The number of nitrogens with one attached hydrogen (secondary N) is 1. The Morgan fingerprint density at radius 1 is 1.17 bits per heavy atom. The lowest BCUT2D eigenvalue weighted by atomic mass is 10.2. The summed E-state index contributed by atoms with van der Waals surface area (Å²) < 4.78 is 10.8. The Bertz CT molecular complexity index is 736. The Morgan fingerprint density at radius 3 is 2.71 bits per heavy atom. The highest BCUT2D eigenvalue weighted by molar-refractivity contribution is 6.35. The van der Waals surface area contributed by atoms with Crippen LogP contribution in [-0.4, -0.2) is 25.3 Å². The molecule has 2 aromatic rings. The molecule has 0 spiro atoms. The summed E-state index contributed by atoms with van der Waals surface area (Å²) in [4.78, 5) is 11.7. The maximum atomic E-state index is 11.7. The molecule has 0 aliphatic rings. The molecule has 126 valence electrons. The molecule has 7 heteroatoms. The van der Waals surface area contributed by atoms with Gasteiger partial charge >= 0.3 is 0 Å². The number of nitrogens with zero attached hydrogens (tertiary/aromatic N) is 1. The third kappa shape index (κ3) is 5.44. The molecule has 0 saturated carbocycles. The van der Waals surface area contributed by atoms with Crippen LogP contribution >= 0.6 is 23.2 Å². The molecule has 0 radical (unpaired) electrons. The zero-order valence-corrected chi connectivity index (χ0v) is 14.5. The highest BCUT2D eigenvalue weighted by Gasteiger charge is 2.06. The van der Waals surface area contributed by atoms with Gasteiger partial charge in [-0.25, -0.2) is 5.43 Å². The van der Waals surface area contributed by atoms with Crippen molar-refractivity contribution in [2.45, 2.75) is 6.92 Å². The second-order valence-electron chi connectivity index (χ2n) is 4.63. The van der Waals surface area contributed by atoms with Crippen molar-refractivity contribution in [3.8, 4) is 11.5 Å². The first kappa shape index (κ1) is 18.1. The lowest BCUT2D eigenvalue weighted by Crippen LogP contribution is -2.24. The molecular weight excluding hydrogens is 351 g/mol. The molecule has 0 atom stereocenters. The van der Waals surface area contributed by atoms with Crippen LogP contribution in [0.1, 0.15) is 12.5 Å². The molecule has 0 aliphatic heterocycles. The molecule has 5 nitrogen and oxygen atoms in total. The van der Waals surface area contributed by atoms with Crippen molar-refractivity contribution in [1.29, 1.82) is 0 Å². The van der Waals surface area contributed by atoms with Gasteiger partial charge in [-0.1, -0.05) is 35.3 Å². The fourth-order valence-corrected chi connectivity index (χ4v) is 2.28. The van der Waals surface area contributed by atoms with Crippen LogP contribution in [0.3, 0.4) is 0 Å². The van der Waals surface area contributed by atoms with Crippen molar-refractivity contribution in [2.75, 3.05) is 13.2 Å². The van der Waals surface area contributed by atoms with Crippen molar-refractivity contribution >= 4 is 35.3 Å². The van der Waals surface area contributed by atoms with Crippen LogP contribution in [0.2, 0.25) is 10.0 Å². The van der Waals surface area contributed by atoms with Crippen LogP contribution in [0, 0.1) is 0 Å². The van der Waals surface area contributed by atoms with E-state index in [9.17, 15) is 4.79 Å². The van der Waals surface area contributed by atoms with Gasteiger partial charge in [0.2, 0.25) is 0 Å². The highest BCUT2D eigenvalue weighted by atomic mass is 35.5. The average Bonchev–Trinajstić information content (AvgIpc) is 2.56. The lowest BCUT2D eigenvalue weighted by molar-refractivity contribution is -0.123. The normalized spacial score (nSPS) is 10.6. The van der Waals surface area contributed by atoms with Crippen LogP contribution < -0.4 is 14.9 Å². The number of amides is 1. The summed E-state index contributed by atoms with van der Waals surface area (Å²) in [6.45, 7) is 2.23. The van der Waals surface area contributed by atoms with E-state index in [1.54, 1.807) is 18.2 Å². The number of rotatable bonds is 7. The van der Waals surface area contributed by atoms with Gasteiger partial charge in [-0.2, -0.15) is 5.10 Å². The largest absolute Gasteiger partial charge is 0.493 e. The first-order valence-corrected chi connectivity index (χ1v) is 7.97. The quantitative estimate of drug-likeness (QED) is 0.596. The molecule has 0 bridgehead atoms. The van der Waals surface area contributed by atoms with E-state index in [1.807, 2.05) is 31.2 Å². The van der Waals surface area contributed by atoms with Crippen LogP contribution in [0.4, 0.5) is 0 Å². The number of carbonyl (C=O) groups excluding carboxylic acids is 1. The molecule has 0 fully saturated rings. The predicted octanol–water partition coefficient (Wildman–Crippen LogP) is 3.92. The van der Waals surface area contributed by atoms with Gasteiger partial charge in [0.25, 0.3) is 5.91 Å². The minimum atomic E-state index is -0.411. The van der Waals surface area contributed by atoms with E-state index in [0.29, 0.717) is 28.2 Å². The van der Waals surface area contributed by atoms with Gasteiger partial charge in [0.05, 0.1) is 17.8 Å². The van der Waals surface area contributed by atoms with E-state index >= 15 is 0 Å². The van der Waals surface area contributed by atoms with Gasteiger partial charge < -0.3 is 9.47 Å². The fraction of sp³-hybridized carbons (Fsp3) is 0.176. The first-order chi connectivity index (χ1) is 11.6. The molecule has 0 unspecified atom stereocenters. The van der Waals surface area contributed by atoms with Crippen molar-refractivity contribution in [3.63, 3.8) is 0 Å². The minimum Gasteiger partial charge on any atom is -0.493 e. The van der Waals surface area contributed by atoms with Gasteiger partial charge in [0.1, 0.15) is 11.5 Å². The molecule has 2 rings (SSSR count). The molecular formula is C17H16Cl2N2O3. The van der Waals surface area contributed by atoms with Crippen molar-refractivity contribution < 1.29 is 14.3 Å². The van der Waals surface area contributed by atoms with Crippen LogP contribution in [0.5, 0.6) is 11.5 Å². The Balaban J connectivity index is 1.87. The van der Waals surface area contributed by atoms with E-state index in [1.165, 1.54) is 6.21 Å². The smallest absolute Gasteiger partial charge is 0.277 e. The second-order valence-corrected chi connectivity index (χ2v) is 5.47.